The summed E-state index contributed by atoms with van der Waals surface area (Å²) in [6.45, 7) is 8.05. The van der Waals surface area contributed by atoms with Gasteiger partial charge in [0.1, 0.15) is 0 Å². The van der Waals surface area contributed by atoms with Crippen LogP contribution in [0.5, 0.6) is 0 Å². The van der Waals surface area contributed by atoms with E-state index in [-0.39, 0.29) is 0 Å². The van der Waals surface area contributed by atoms with Gasteiger partial charge in [-0.3, -0.25) is 0 Å². The molecule has 1 aromatic rings. The van der Waals surface area contributed by atoms with Crippen LogP contribution in [0.1, 0.15) is 32.1 Å². The largest absolute Gasteiger partial charge is 0.376 e. The summed E-state index contributed by atoms with van der Waals surface area (Å²) in [5.74, 6) is 0. The maximum absolute atomic E-state index is 5.52. The monoisotopic (exact) mass is 214 g/mol. The fourth-order valence-electron chi connectivity index (χ4n) is 0.940. The normalized spacial score (nSPS) is 11.9. The van der Waals surface area contributed by atoms with Gasteiger partial charge >= 0.3 is 0 Å². The zero-order valence-corrected chi connectivity index (χ0v) is 9.86. The third-order valence-electron chi connectivity index (χ3n) is 1.81. The van der Waals surface area contributed by atoms with E-state index in [1.807, 2.05) is 0 Å². The number of rotatable bonds is 4. The highest BCUT2D eigenvalue weighted by Crippen LogP contribution is 2.19. The van der Waals surface area contributed by atoms with Crippen LogP contribution in [-0.4, -0.2) is 11.6 Å². The van der Waals surface area contributed by atoms with Crippen molar-refractivity contribution < 1.29 is 4.74 Å². The van der Waals surface area contributed by atoms with Crippen LogP contribution in [0.3, 0.4) is 0 Å². The Labute approximate surface area is 89.3 Å². The minimum Gasteiger partial charge on any atom is -0.376 e. The van der Waals surface area contributed by atoms with Gasteiger partial charge < -0.3 is 10.5 Å². The van der Waals surface area contributed by atoms with Gasteiger partial charge in [-0.15, -0.1) is 0 Å². The highest BCUT2D eigenvalue weighted by molar-refractivity contribution is 7.15. The molecule has 80 valence electrons. The van der Waals surface area contributed by atoms with Gasteiger partial charge in [0.2, 0.25) is 0 Å². The van der Waals surface area contributed by atoms with E-state index in [0.717, 1.165) is 17.9 Å². The van der Waals surface area contributed by atoms with Crippen LogP contribution in [-0.2, 0) is 11.3 Å². The zero-order valence-electron chi connectivity index (χ0n) is 9.04. The standard InChI is InChI=1S/C10H18N2OS/c1-10(2,3)4-5-13-7-8-6-12-9(11)14-8/h6H,4-5,7H2,1-3H3,(H2,11,12). The van der Waals surface area contributed by atoms with E-state index < -0.39 is 0 Å². The average Bonchev–Trinajstić information content (AvgIpc) is 2.44. The number of hydrogen-bond donors (Lipinski definition) is 1. The van der Waals surface area contributed by atoms with Crippen LogP contribution >= 0.6 is 11.3 Å². The van der Waals surface area contributed by atoms with Crippen molar-refractivity contribution in [1.29, 1.82) is 0 Å². The number of aromatic nitrogens is 1. The Hall–Kier alpha value is -0.610. The Morgan fingerprint density at radius 1 is 1.50 bits per heavy atom. The van der Waals surface area contributed by atoms with Gasteiger partial charge in [-0.2, -0.15) is 0 Å². The van der Waals surface area contributed by atoms with Crippen molar-refractivity contribution in [3.05, 3.63) is 11.1 Å². The molecule has 4 heteroatoms. The minimum atomic E-state index is 0.340. The lowest BCUT2D eigenvalue weighted by Crippen LogP contribution is -2.09. The van der Waals surface area contributed by atoms with Crippen LogP contribution in [0.25, 0.3) is 0 Å². The molecular weight excluding hydrogens is 196 g/mol. The molecule has 0 aromatic carbocycles. The fourth-order valence-corrected chi connectivity index (χ4v) is 1.56. The van der Waals surface area contributed by atoms with Gasteiger partial charge in [-0.05, 0) is 11.8 Å². The van der Waals surface area contributed by atoms with E-state index in [1.54, 1.807) is 6.20 Å². The van der Waals surface area contributed by atoms with Crippen molar-refractivity contribution >= 4 is 16.5 Å². The molecule has 0 atom stereocenters. The molecule has 3 nitrogen and oxygen atoms in total. The number of hydrogen-bond acceptors (Lipinski definition) is 4. The zero-order chi connectivity index (χ0) is 10.6. The first kappa shape index (κ1) is 11.5. The highest BCUT2D eigenvalue weighted by atomic mass is 32.1. The molecule has 1 rings (SSSR count). The molecule has 0 aliphatic heterocycles. The Kier molecular flexibility index (Phi) is 3.89. The van der Waals surface area contributed by atoms with Crippen LogP contribution in [0.4, 0.5) is 5.13 Å². The molecule has 2 N–H and O–H groups in total. The minimum absolute atomic E-state index is 0.340. The topological polar surface area (TPSA) is 48.1 Å². The predicted molar refractivity (Wildman–Crippen MR) is 60.3 cm³/mol. The summed E-state index contributed by atoms with van der Waals surface area (Å²) in [6.07, 6.45) is 2.85. The summed E-state index contributed by atoms with van der Waals surface area (Å²) >= 11 is 1.49. The quantitative estimate of drug-likeness (QED) is 0.784. The van der Waals surface area contributed by atoms with E-state index in [9.17, 15) is 0 Å². The van der Waals surface area contributed by atoms with E-state index in [0.29, 0.717) is 17.2 Å². The number of nitrogens with two attached hydrogens (primary N) is 1. The number of thiazole rings is 1. The lowest BCUT2D eigenvalue weighted by Gasteiger charge is -2.17. The van der Waals surface area contributed by atoms with Gasteiger partial charge in [-0.1, -0.05) is 32.1 Å². The molecule has 0 fully saturated rings. The highest BCUT2D eigenvalue weighted by Gasteiger charge is 2.09. The first-order valence-corrected chi connectivity index (χ1v) is 5.57. The second-order valence-electron chi connectivity index (χ2n) is 4.53. The first-order chi connectivity index (χ1) is 6.47. The van der Waals surface area contributed by atoms with Crippen LogP contribution < -0.4 is 5.73 Å². The smallest absolute Gasteiger partial charge is 0.180 e. The Balaban J connectivity index is 2.16. The third-order valence-corrected chi connectivity index (χ3v) is 2.61. The molecule has 0 spiro atoms. The molecule has 0 saturated heterocycles. The van der Waals surface area contributed by atoms with E-state index >= 15 is 0 Å². The molecule has 0 aliphatic carbocycles. The summed E-state index contributed by atoms with van der Waals surface area (Å²) in [7, 11) is 0. The van der Waals surface area contributed by atoms with Crippen molar-refractivity contribution in [2.75, 3.05) is 12.3 Å². The molecule has 0 saturated carbocycles. The summed E-state index contributed by atoms with van der Waals surface area (Å²) in [5, 5.41) is 0.611. The van der Waals surface area contributed by atoms with Crippen molar-refractivity contribution in [3.63, 3.8) is 0 Å². The third kappa shape index (κ3) is 4.58. The van der Waals surface area contributed by atoms with Crippen molar-refractivity contribution in [2.45, 2.75) is 33.8 Å². The van der Waals surface area contributed by atoms with E-state index in [1.165, 1.54) is 11.3 Å². The maximum atomic E-state index is 5.52. The number of nitrogen functional groups attached to an aromatic ring is 1. The summed E-state index contributed by atoms with van der Waals surface area (Å²) in [5.41, 5.74) is 5.84. The molecule has 1 heterocycles. The molecule has 1 aromatic heterocycles. The SMILES string of the molecule is CC(C)(C)CCOCc1cnc(N)s1. The van der Waals surface area contributed by atoms with Crippen LogP contribution in [0.2, 0.25) is 0 Å². The molecule has 0 amide bonds. The Bertz CT molecular complexity index is 278. The predicted octanol–water partition coefficient (Wildman–Crippen LogP) is 2.68. The van der Waals surface area contributed by atoms with Crippen LogP contribution in [0.15, 0.2) is 6.20 Å². The fraction of sp³-hybridized carbons (Fsp3) is 0.700. The van der Waals surface area contributed by atoms with Crippen LogP contribution in [0, 0.1) is 5.41 Å². The Morgan fingerprint density at radius 2 is 2.21 bits per heavy atom. The average molecular weight is 214 g/mol. The van der Waals surface area contributed by atoms with Crippen molar-refractivity contribution in [1.82, 2.24) is 4.98 Å². The first-order valence-electron chi connectivity index (χ1n) is 4.75. The van der Waals surface area contributed by atoms with Gasteiger partial charge in [0.25, 0.3) is 0 Å². The van der Waals surface area contributed by atoms with Crippen molar-refractivity contribution in [3.8, 4) is 0 Å². The molecule has 0 aliphatic rings. The van der Waals surface area contributed by atoms with E-state index in [4.69, 9.17) is 10.5 Å². The van der Waals surface area contributed by atoms with Crippen molar-refractivity contribution in [2.24, 2.45) is 5.41 Å². The summed E-state index contributed by atoms with van der Waals surface area (Å²) in [4.78, 5) is 5.05. The van der Waals surface area contributed by atoms with Gasteiger partial charge in [0.05, 0.1) is 11.5 Å². The number of ether oxygens (including phenoxy) is 1. The lowest BCUT2D eigenvalue weighted by atomic mass is 9.93. The van der Waals surface area contributed by atoms with Gasteiger partial charge in [0.15, 0.2) is 5.13 Å². The number of nitrogens with zero attached hydrogens (tertiary/aromatic N) is 1. The second-order valence-corrected chi connectivity index (χ2v) is 5.67. The second kappa shape index (κ2) is 4.75. The molecular formula is C10H18N2OS. The molecule has 14 heavy (non-hydrogen) atoms. The summed E-state index contributed by atoms with van der Waals surface area (Å²) < 4.78 is 5.52. The Morgan fingerprint density at radius 3 is 2.71 bits per heavy atom. The lowest BCUT2D eigenvalue weighted by molar-refractivity contribution is 0.0979. The number of anilines is 1. The molecule has 0 bridgehead atoms. The molecule has 0 unspecified atom stereocenters. The summed E-state index contributed by atoms with van der Waals surface area (Å²) in [6, 6.07) is 0. The van der Waals surface area contributed by atoms with Gasteiger partial charge in [-0.25, -0.2) is 4.98 Å². The molecule has 0 radical (unpaired) electrons. The maximum Gasteiger partial charge on any atom is 0.180 e. The van der Waals surface area contributed by atoms with E-state index in [2.05, 4.69) is 25.8 Å². The van der Waals surface area contributed by atoms with Gasteiger partial charge in [0, 0.05) is 12.8 Å².